The van der Waals surface area contributed by atoms with Crippen LogP contribution in [0.5, 0.6) is 0 Å². The van der Waals surface area contributed by atoms with Crippen LogP contribution in [0.25, 0.3) is 0 Å². The molecule has 0 aromatic heterocycles. The highest BCUT2D eigenvalue weighted by molar-refractivity contribution is 6.31. The van der Waals surface area contributed by atoms with Gasteiger partial charge in [-0.05, 0) is 38.1 Å². The summed E-state index contributed by atoms with van der Waals surface area (Å²) in [6.07, 6.45) is 0.756. The van der Waals surface area contributed by atoms with Crippen LogP contribution in [0.1, 0.15) is 11.1 Å². The van der Waals surface area contributed by atoms with Crippen LogP contribution in [0, 0.1) is 12.7 Å². The van der Waals surface area contributed by atoms with Gasteiger partial charge >= 0.3 is 0 Å². The molecule has 1 aromatic carbocycles. The minimum absolute atomic E-state index is 0.259. The van der Waals surface area contributed by atoms with Crippen molar-refractivity contribution in [2.24, 2.45) is 0 Å². The van der Waals surface area contributed by atoms with E-state index in [1.165, 1.54) is 0 Å². The van der Waals surface area contributed by atoms with Crippen LogP contribution in [-0.2, 0) is 6.42 Å². The van der Waals surface area contributed by atoms with Crippen LogP contribution in [-0.4, -0.2) is 13.6 Å². The zero-order chi connectivity index (χ0) is 9.84. The van der Waals surface area contributed by atoms with Crippen molar-refractivity contribution in [3.8, 4) is 0 Å². The number of rotatable bonds is 3. The average molecular weight is 202 g/mol. The summed E-state index contributed by atoms with van der Waals surface area (Å²) in [5, 5.41) is 3.26. The van der Waals surface area contributed by atoms with E-state index in [2.05, 4.69) is 5.32 Å². The predicted octanol–water partition coefficient (Wildman–Crippen LogP) is 2.55. The topological polar surface area (TPSA) is 12.0 Å². The van der Waals surface area contributed by atoms with E-state index < -0.39 is 0 Å². The van der Waals surface area contributed by atoms with E-state index in [9.17, 15) is 4.39 Å². The maximum Gasteiger partial charge on any atom is 0.144 e. The molecule has 0 radical (unpaired) electrons. The molecule has 0 saturated carbocycles. The maximum absolute atomic E-state index is 13.3. The Morgan fingerprint density at radius 2 is 2.15 bits per heavy atom. The minimum atomic E-state index is -0.296. The van der Waals surface area contributed by atoms with Crippen LogP contribution in [0.2, 0.25) is 5.02 Å². The quantitative estimate of drug-likeness (QED) is 0.793. The molecule has 13 heavy (non-hydrogen) atoms. The number of likely N-dealkylation sites (N-methyl/N-ethyl adjacent to an activating group) is 1. The van der Waals surface area contributed by atoms with Gasteiger partial charge in [-0.15, -0.1) is 0 Å². The molecule has 0 aliphatic rings. The first kappa shape index (κ1) is 10.5. The monoisotopic (exact) mass is 201 g/mol. The fraction of sp³-hybridized carbons (Fsp3) is 0.400. The maximum atomic E-state index is 13.3. The third-order valence-electron chi connectivity index (χ3n) is 2.00. The predicted molar refractivity (Wildman–Crippen MR) is 53.8 cm³/mol. The van der Waals surface area contributed by atoms with Gasteiger partial charge in [0.05, 0.1) is 5.02 Å². The lowest BCUT2D eigenvalue weighted by Gasteiger charge is -2.06. The molecule has 0 atom stereocenters. The largest absolute Gasteiger partial charge is 0.319 e. The Labute approximate surface area is 82.9 Å². The number of halogens is 2. The molecule has 0 unspecified atom stereocenters. The van der Waals surface area contributed by atoms with Gasteiger partial charge in [-0.2, -0.15) is 0 Å². The van der Waals surface area contributed by atoms with Crippen LogP contribution in [0.4, 0.5) is 4.39 Å². The molecule has 72 valence electrons. The van der Waals surface area contributed by atoms with E-state index in [1.54, 1.807) is 13.0 Å². The summed E-state index contributed by atoms with van der Waals surface area (Å²) in [7, 11) is 1.86. The summed E-state index contributed by atoms with van der Waals surface area (Å²) in [5.41, 5.74) is 1.46. The Bertz CT molecular complexity index is 299. The van der Waals surface area contributed by atoms with Crippen molar-refractivity contribution in [3.63, 3.8) is 0 Å². The Balaban J connectivity index is 2.90. The van der Waals surface area contributed by atoms with Crippen LogP contribution in [0.15, 0.2) is 12.1 Å². The third-order valence-corrected chi connectivity index (χ3v) is 2.41. The highest BCUT2D eigenvalue weighted by Crippen LogP contribution is 2.22. The lowest BCUT2D eigenvalue weighted by Crippen LogP contribution is -2.10. The Morgan fingerprint density at radius 1 is 1.46 bits per heavy atom. The minimum Gasteiger partial charge on any atom is -0.319 e. The van der Waals surface area contributed by atoms with E-state index in [-0.39, 0.29) is 10.8 Å². The molecule has 3 heteroatoms. The highest BCUT2D eigenvalue weighted by atomic mass is 35.5. The number of benzene rings is 1. The van der Waals surface area contributed by atoms with Crippen LogP contribution >= 0.6 is 11.6 Å². The molecule has 1 aromatic rings. The molecule has 0 aliphatic heterocycles. The second-order valence-corrected chi connectivity index (χ2v) is 3.40. The molecule has 1 rings (SSSR count). The molecule has 0 bridgehead atoms. The second kappa shape index (κ2) is 4.58. The number of hydrogen-bond donors (Lipinski definition) is 1. The zero-order valence-electron chi connectivity index (χ0n) is 7.82. The van der Waals surface area contributed by atoms with Gasteiger partial charge in [-0.1, -0.05) is 23.7 Å². The van der Waals surface area contributed by atoms with Gasteiger partial charge < -0.3 is 5.32 Å². The molecule has 1 N–H and O–H groups in total. The molecular formula is C10H13ClFN. The van der Waals surface area contributed by atoms with Gasteiger partial charge in [-0.25, -0.2) is 4.39 Å². The fourth-order valence-corrected chi connectivity index (χ4v) is 1.45. The van der Waals surface area contributed by atoms with Gasteiger partial charge in [0.25, 0.3) is 0 Å². The molecule has 0 fully saturated rings. The van der Waals surface area contributed by atoms with Crippen molar-refractivity contribution in [2.75, 3.05) is 13.6 Å². The van der Waals surface area contributed by atoms with Gasteiger partial charge in [0.15, 0.2) is 0 Å². The zero-order valence-corrected chi connectivity index (χ0v) is 8.58. The Hall–Kier alpha value is -0.600. The number of nitrogens with one attached hydrogen (secondary N) is 1. The van der Waals surface area contributed by atoms with Crippen LogP contribution in [0.3, 0.4) is 0 Å². The highest BCUT2D eigenvalue weighted by Gasteiger charge is 2.07. The molecule has 0 saturated heterocycles. The molecule has 0 aliphatic carbocycles. The first-order chi connectivity index (χ1) is 6.16. The molecule has 0 spiro atoms. The fourth-order valence-electron chi connectivity index (χ4n) is 1.14. The Morgan fingerprint density at radius 3 is 2.77 bits per heavy atom. The van der Waals surface area contributed by atoms with Crippen molar-refractivity contribution in [3.05, 3.63) is 34.1 Å². The lowest BCUT2D eigenvalue weighted by molar-refractivity contribution is 0.615. The molecular weight excluding hydrogens is 189 g/mol. The van der Waals surface area contributed by atoms with Crippen molar-refractivity contribution in [1.29, 1.82) is 0 Å². The van der Waals surface area contributed by atoms with E-state index in [4.69, 9.17) is 11.6 Å². The number of aryl methyl sites for hydroxylation is 1. The second-order valence-electron chi connectivity index (χ2n) is 3.02. The summed E-state index contributed by atoms with van der Waals surface area (Å²) >= 11 is 5.83. The first-order valence-corrected chi connectivity index (χ1v) is 4.62. The normalized spacial score (nSPS) is 10.5. The van der Waals surface area contributed by atoms with E-state index in [0.717, 1.165) is 18.5 Å². The smallest absolute Gasteiger partial charge is 0.144 e. The molecule has 0 amide bonds. The number of hydrogen-bond acceptors (Lipinski definition) is 1. The summed E-state index contributed by atoms with van der Waals surface area (Å²) < 4.78 is 13.3. The summed E-state index contributed by atoms with van der Waals surface area (Å²) in [6, 6.07) is 3.63. The van der Waals surface area contributed by atoms with Crippen LogP contribution < -0.4 is 5.32 Å². The van der Waals surface area contributed by atoms with E-state index >= 15 is 0 Å². The summed E-state index contributed by atoms with van der Waals surface area (Å²) in [4.78, 5) is 0. The molecule has 1 nitrogen and oxygen atoms in total. The van der Waals surface area contributed by atoms with E-state index in [1.807, 2.05) is 13.1 Å². The first-order valence-electron chi connectivity index (χ1n) is 4.25. The van der Waals surface area contributed by atoms with Crippen molar-refractivity contribution in [1.82, 2.24) is 5.32 Å². The SMILES string of the molecule is CNCCc1ccc(C)c(F)c1Cl. The standard InChI is InChI=1S/C10H13ClFN/c1-7-3-4-8(5-6-13-2)9(11)10(7)12/h3-4,13H,5-6H2,1-2H3. The van der Waals surface area contributed by atoms with Gasteiger partial charge in [0.2, 0.25) is 0 Å². The van der Waals surface area contributed by atoms with Crippen molar-refractivity contribution >= 4 is 11.6 Å². The Kier molecular flexibility index (Phi) is 3.70. The third kappa shape index (κ3) is 2.42. The van der Waals surface area contributed by atoms with Crippen molar-refractivity contribution in [2.45, 2.75) is 13.3 Å². The molecule has 0 heterocycles. The lowest BCUT2D eigenvalue weighted by atomic mass is 10.1. The van der Waals surface area contributed by atoms with Gasteiger partial charge in [0, 0.05) is 0 Å². The summed E-state index contributed by atoms with van der Waals surface area (Å²) in [5.74, 6) is -0.296. The summed E-state index contributed by atoms with van der Waals surface area (Å²) in [6.45, 7) is 2.52. The van der Waals surface area contributed by atoms with Gasteiger partial charge in [0.1, 0.15) is 5.82 Å². The average Bonchev–Trinajstić information content (AvgIpc) is 2.13. The van der Waals surface area contributed by atoms with Crippen molar-refractivity contribution < 1.29 is 4.39 Å². The van der Waals surface area contributed by atoms with E-state index in [0.29, 0.717) is 5.56 Å². The van der Waals surface area contributed by atoms with Gasteiger partial charge in [-0.3, -0.25) is 0 Å².